The van der Waals surface area contributed by atoms with Crippen molar-refractivity contribution in [1.29, 1.82) is 0 Å². The maximum absolute atomic E-state index is 11.9. The lowest BCUT2D eigenvalue weighted by Gasteiger charge is -2.03. The third kappa shape index (κ3) is 4.34. The summed E-state index contributed by atoms with van der Waals surface area (Å²) in [6, 6.07) is 1.08. The number of hydrogen-bond donors (Lipinski definition) is 2. The molecule has 108 valence electrons. The number of hydrogen-bond acceptors (Lipinski definition) is 7. The van der Waals surface area contributed by atoms with E-state index in [-0.39, 0.29) is 14.9 Å². The van der Waals surface area contributed by atoms with E-state index in [1.54, 1.807) is 11.8 Å². The first-order chi connectivity index (χ1) is 8.92. The van der Waals surface area contributed by atoms with Crippen LogP contribution >= 0.6 is 23.1 Å². The molecule has 0 amide bonds. The molecule has 1 aromatic rings. The van der Waals surface area contributed by atoms with E-state index in [0.29, 0.717) is 13.0 Å². The van der Waals surface area contributed by atoms with Gasteiger partial charge in [-0.1, -0.05) is 11.3 Å². The van der Waals surface area contributed by atoms with Crippen LogP contribution in [0.15, 0.2) is 10.3 Å². The van der Waals surface area contributed by atoms with Gasteiger partial charge in [0.05, 0.1) is 4.92 Å². The van der Waals surface area contributed by atoms with Crippen molar-refractivity contribution in [3.8, 4) is 0 Å². The molecule has 7 nitrogen and oxygen atoms in total. The summed E-state index contributed by atoms with van der Waals surface area (Å²) < 4.78 is 26.3. The minimum Gasteiger partial charge on any atom is -0.374 e. The van der Waals surface area contributed by atoms with Crippen molar-refractivity contribution < 1.29 is 13.3 Å². The van der Waals surface area contributed by atoms with Crippen LogP contribution in [0.2, 0.25) is 0 Å². The van der Waals surface area contributed by atoms with Crippen LogP contribution in [-0.2, 0) is 10.0 Å². The summed E-state index contributed by atoms with van der Waals surface area (Å²) in [5.41, 5.74) is -0.225. The second kappa shape index (κ2) is 7.08. The Kier molecular flexibility index (Phi) is 6.04. The molecule has 0 aromatic carbocycles. The van der Waals surface area contributed by atoms with Crippen molar-refractivity contribution in [2.45, 2.75) is 10.6 Å². The number of thioether (sulfide) groups is 1. The molecule has 10 heteroatoms. The van der Waals surface area contributed by atoms with Crippen LogP contribution in [0.5, 0.6) is 0 Å². The number of rotatable bonds is 8. The average molecular weight is 325 g/mol. The quantitative estimate of drug-likeness (QED) is 0.429. The molecule has 19 heavy (non-hydrogen) atoms. The Morgan fingerprint density at radius 2 is 2.21 bits per heavy atom. The summed E-state index contributed by atoms with van der Waals surface area (Å²) >= 11 is 2.48. The second-order valence-corrected chi connectivity index (χ2v) is 7.56. The highest BCUT2D eigenvalue weighted by Crippen LogP contribution is 2.36. The van der Waals surface area contributed by atoms with Gasteiger partial charge in [-0.25, -0.2) is 13.1 Å². The van der Waals surface area contributed by atoms with Crippen molar-refractivity contribution in [1.82, 2.24) is 4.72 Å². The molecule has 2 N–H and O–H groups in total. The predicted molar refractivity (Wildman–Crippen MR) is 78.7 cm³/mol. The van der Waals surface area contributed by atoms with Crippen molar-refractivity contribution >= 4 is 43.8 Å². The number of nitrogens with one attached hydrogen (secondary N) is 2. The minimum atomic E-state index is -3.67. The zero-order valence-electron chi connectivity index (χ0n) is 10.5. The molecule has 1 aromatic heterocycles. The Morgan fingerprint density at radius 3 is 2.68 bits per heavy atom. The molecule has 0 radical (unpaired) electrons. The highest BCUT2D eigenvalue weighted by atomic mass is 32.2. The normalized spacial score (nSPS) is 11.5. The Hall–Kier alpha value is -0.840. The molecule has 1 rings (SSSR count). The molecule has 0 saturated heterocycles. The number of sulfonamides is 1. The Morgan fingerprint density at radius 1 is 1.53 bits per heavy atom. The van der Waals surface area contributed by atoms with E-state index >= 15 is 0 Å². The molecular formula is C9H15N3O4S3. The van der Waals surface area contributed by atoms with Crippen LogP contribution in [0.25, 0.3) is 0 Å². The molecule has 0 unspecified atom stereocenters. The van der Waals surface area contributed by atoms with Crippen LogP contribution in [0, 0.1) is 10.1 Å². The fourth-order valence-corrected chi connectivity index (χ4v) is 4.13. The molecule has 0 saturated carbocycles. The fourth-order valence-electron chi connectivity index (χ4n) is 1.30. The molecule has 0 aliphatic heterocycles. The van der Waals surface area contributed by atoms with Gasteiger partial charge in [0.2, 0.25) is 10.0 Å². The third-order valence-electron chi connectivity index (χ3n) is 2.20. The molecule has 1 heterocycles. The van der Waals surface area contributed by atoms with Crippen LogP contribution in [0.1, 0.15) is 6.42 Å². The van der Waals surface area contributed by atoms with Crippen molar-refractivity contribution in [2.24, 2.45) is 0 Å². The van der Waals surface area contributed by atoms with Crippen LogP contribution in [0.3, 0.4) is 0 Å². The topological polar surface area (TPSA) is 101 Å². The molecule has 0 spiro atoms. The number of anilines is 1. The smallest absolute Gasteiger partial charge is 0.304 e. The second-order valence-electron chi connectivity index (χ2n) is 3.53. The molecule has 0 aliphatic rings. The largest absolute Gasteiger partial charge is 0.374 e. The van der Waals surface area contributed by atoms with E-state index in [9.17, 15) is 18.5 Å². The summed E-state index contributed by atoms with van der Waals surface area (Å²) in [4.78, 5) is 10.2. The molecule has 0 bridgehead atoms. The zero-order valence-corrected chi connectivity index (χ0v) is 13.0. The lowest BCUT2D eigenvalue weighted by Crippen LogP contribution is -2.24. The lowest BCUT2D eigenvalue weighted by atomic mass is 10.5. The highest BCUT2D eigenvalue weighted by molar-refractivity contribution is 7.98. The first-order valence-corrected chi connectivity index (χ1v) is 9.06. The van der Waals surface area contributed by atoms with Gasteiger partial charge in [-0.2, -0.15) is 11.8 Å². The fraction of sp³-hybridized carbons (Fsp3) is 0.556. The maximum atomic E-state index is 11.9. The summed E-state index contributed by atoms with van der Waals surface area (Å²) in [5.74, 6) is 0.856. The van der Waals surface area contributed by atoms with Gasteiger partial charge in [0.15, 0.2) is 5.00 Å². The standard InChI is InChI=1S/C9H15N3O4S3/c1-10-9-7(12(13)14)6-8(18-9)19(15,16)11-4-3-5-17-2/h6,10-11H,3-5H2,1-2H3. The summed E-state index contributed by atoms with van der Waals surface area (Å²) in [6.45, 7) is 0.323. The average Bonchev–Trinajstić information content (AvgIpc) is 2.79. The van der Waals surface area contributed by atoms with Crippen LogP contribution < -0.4 is 10.0 Å². The van der Waals surface area contributed by atoms with Crippen molar-refractivity contribution in [3.05, 3.63) is 16.2 Å². The van der Waals surface area contributed by atoms with Gasteiger partial charge in [0, 0.05) is 19.7 Å². The van der Waals surface area contributed by atoms with Gasteiger partial charge < -0.3 is 5.32 Å². The van der Waals surface area contributed by atoms with Crippen LogP contribution in [0.4, 0.5) is 10.7 Å². The molecule has 0 atom stereocenters. The minimum absolute atomic E-state index is 0.0484. The van der Waals surface area contributed by atoms with E-state index in [1.165, 1.54) is 7.05 Å². The van der Waals surface area contributed by atoms with Crippen molar-refractivity contribution in [2.75, 3.05) is 30.9 Å². The van der Waals surface area contributed by atoms with E-state index < -0.39 is 14.9 Å². The zero-order chi connectivity index (χ0) is 14.5. The number of thiophene rings is 1. The van der Waals surface area contributed by atoms with Gasteiger partial charge in [-0.15, -0.1) is 0 Å². The van der Waals surface area contributed by atoms with Crippen molar-refractivity contribution in [3.63, 3.8) is 0 Å². The summed E-state index contributed by atoms with van der Waals surface area (Å²) in [7, 11) is -2.16. The Balaban J connectivity index is 2.86. The Bertz CT molecular complexity index is 541. The first-order valence-electron chi connectivity index (χ1n) is 5.37. The summed E-state index contributed by atoms with van der Waals surface area (Å²) in [6.07, 6.45) is 2.66. The SMILES string of the molecule is CNc1sc(S(=O)(=O)NCCCSC)cc1[N+](=O)[O-]. The summed E-state index contributed by atoms with van der Waals surface area (Å²) in [5, 5.41) is 13.6. The van der Waals surface area contributed by atoms with E-state index in [2.05, 4.69) is 10.0 Å². The molecular weight excluding hydrogens is 310 g/mol. The lowest BCUT2D eigenvalue weighted by molar-refractivity contribution is -0.383. The third-order valence-corrected chi connectivity index (χ3v) is 5.97. The van der Waals surface area contributed by atoms with E-state index in [0.717, 1.165) is 23.2 Å². The van der Waals surface area contributed by atoms with Gasteiger partial charge in [0.25, 0.3) is 0 Å². The van der Waals surface area contributed by atoms with Crippen LogP contribution in [-0.4, -0.2) is 38.9 Å². The van der Waals surface area contributed by atoms with Gasteiger partial charge >= 0.3 is 5.69 Å². The van der Waals surface area contributed by atoms with Gasteiger partial charge in [-0.3, -0.25) is 10.1 Å². The first kappa shape index (κ1) is 16.2. The Labute approximate surface area is 120 Å². The highest BCUT2D eigenvalue weighted by Gasteiger charge is 2.25. The van der Waals surface area contributed by atoms with Gasteiger partial charge in [0.1, 0.15) is 4.21 Å². The monoisotopic (exact) mass is 325 g/mol. The number of nitrogens with zero attached hydrogens (tertiary/aromatic N) is 1. The van der Waals surface area contributed by atoms with E-state index in [1.807, 2.05) is 6.26 Å². The maximum Gasteiger partial charge on any atom is 0.304 e. The molecule has 0 aliphatic carbocycles. The molecule has 0 fully saturated rings. The predicted octanol–water partition coefficient (Wildman–Crippen LogP) is 1.73. The number of nitro groups is 1. The van der Waals surface area contributed by atoms with E-state index in [4.69, 9.17) is 0 Å². The van der Waals surface area contributed by atoms with Gasteiger partial charge in [-0.05, 0) is 18.4 Å².